The van der Waals surface area contributed by atoms with E-state index in [1.165, 1.54) is 11.3 Å². The Balaban J connectivity index is 2.04. The Morgan fingerprint density at radius 2 is 2.04 bits per heavy atom. The Labute approximate surface area is 157 Å². The predicted octanol–water partition coefficient (Wildman–Crippen LogP) is 2.65. The molecule has 0 atom stereocenters. The molecule has 7 nitrogen and oxygen atoms in total. The van der Waals surface area contributed by atoms with Crippen LogP contribution in [0.5, 0.6) is 0 Å². The SMILES string of the molecule is CCOC(=O)c1c(NC(=O)CN(C)Cc2cnn(C)c2C)sc(C)c1C. The number of anilines is 1. The van der Waals surface area contributed by atoms with E-state index in [9.17, 15) is 9.59 Å². The van der Waals surface area contributed by atoms with Gasteiger partial charge in [0.05, 0.1) is 24.9 Å². The summed E-state index contributed by atoms with van der Waals surface area (Å²) in [5.41, 5.74) is 3.46. The Hall–Kier alpha value is -2.19. The van der Waals surface area contributed by atoms with Crippen LogP contribution in [0, 0.1) is 20.8 Å². The first-order valence-corrected chi connectivity index (χ1v) is 9.29. The number of rotatable bonds is 7. The summed E-state index contributed by atoms with van der Waals surface area (Å²) in [6.45, 7) is 8.70. The van der Waals surface area contributed by atoms with Crippen LogP contribution in [0.1, 0.15) is 39.0 Å². The minimum absolute atomic E-state index is 0.166. The molecule has 0 unspecified atom stereocenters. The topological polar surface area (TPSA) is 76.5 Å². The largest absolute Gasteiger partial charge is 0.462 e. The van der Waals surface area contributed by atoms with Crippen molar-refractivity contribution in [1.82, 2.24) is 14.7 Å². The van der Waals surface area contributed by atoms with Crippen LogP contribution in [0.25, 0.3) is 0 Å². The third kappa shape index (κ3) is 4.50. The molecule has 0 spiro atoms. The molecule has 8 heteroatoms. The molecule has 0 bridgehead atoms. The molecule has 0 aliphatic heterocycles. The Morgan fingerprint density at radius 3 is 2.62 bits per heavy atom. The summed E-state index contributed by atoms with van der Waals surface area (Å²) < 4.78 is 6.93. The Bertz CT molecular complexity index is 810. The zero-order valence-corrected chi connectivity index (χ0v) is 17.0. The van der Waals surface area contributed by atoms with Crippen molar-refractivity contribution in [3.63, 3.8) is 0 Å². The molecule has 0 aliphatic carbocycles. The number of carbonyl (C=O) groups excluding carboxylic acids is 2. The van der Waals surface area contributed by atoms with Crippen LogP contribution in [0.15, 0.2) is 6.20 Å². The fourth-order valence-corrected chi connectivity index (χ4v) is 3.69. The molecule has 26 heavy (non-hydrogen) atoms. The van der Waals surface area contributed by atoms with E-state index >= 15 is 0 Å². The van der Waals surface area contributed by atoms with Gasteiger partial charge in [-0.2, -0.15) is 5.10 Å². The smallest absolute Gasteiger partial charge is 0.341 e. The van der Waals surface area contributed by atoms with E-state index in [0.29, 0.717) is 23.7 Å². The summed E-state index contributed by atoms with van der Waals surface area (Å²) in [5, 5.41) is 7.63. The van der Waals surface area contributed by atoms with Crippen molar-refractivity contribution in [2.24, 2.45) is 7.05 Å². The number of esters is 1. The van der Waals surface area contributed by atoms with Gasteiger partial charge in [0.15, 0.2) is 0 Å². The first kappa shape index (κ1) is 20.1. The molecule has 0 saturated heterocycles. The minimum Gasteiger partial charge on any atom is -0.462 e. The van der Waals surface area contributed by atoms with E-state index in [2.05, 4.69) is 10.4 Å². The lowest BCUT2D eigenvalue weighted by Gasteiger charge is -2.16. The van der Waals surface area contributed by atoms with Crippen molar-refractivity contribution < 1.29 is 14.3 Å². The third-order valence-corrected chi connectivity index (χ3v) is 5.43. The molecule has 2 aromatic heterocycles. The fraction of sp³-hybridized carbons (Fsp3) is 0.500. The number of nitrogens with zero attached hydrogens (tertiary/aromatic N) is 3. The normalized spacial score (nSPS) is 11.0. The van der Waals surface area contributed by atoms with Gasteiger partial charge in [0, 0.05) is 29.7 Å². The van der Waals surface area contributed by atoms with Crippen molar-refractivity contribution in [2.45, 2.75) is 34.2 Å². The average molecular weight is 378 g/mol. The van der Waals surface area contributed by atoms with Gasteiger partial charge in [-0.25, -0.2) is 4.79 Å². The number of thiophene rings is 1. The van der Waals surface area contributed by atoms with Crippen molar-refractivity contribution in [2.75, 3.05) is 25.5 Å². The molecule has 142 valence electrons. The first-order valence-electron chi connectivity index (χ1n) is 8.47. The van der Waals surface area contributed by atoms with Crippen LogP contribution < -0.4 is 5.32 Å². The molecule has 0 aromatic carbocycles. The number of amides is 1. The zero-order chi connectivity index (χ0) is 19.4. The molecule has 2 heterocycles. The molecule has 0 saturated carbocycles. The van der Waals surface area contributed by atoms with Crippen LogP contribution in [-0.2, 0) is 23.1 Å². The van der Waals surface area contributed by atoms with E-state index < -0.39 is 5.97 Å². The Kier molecular flexibility index (Phi) is 6.55. The number of carbonyl (C=O) groups is 2. The lowest BCUT2D eigenvalue weighted by molar-refractivity contribution is -0.117. The van der Waals surface area contributed by atoms with Gasteiger partial charge in [0.2, 0.25) is 5.91 Å². The number of aromatic nitrogens is 2. The lowest BCUT2D eigenvalue weighted by atomic mass is 10.1. The van der Waals surface area contributed by atoms with Crippen molar-refractivity contribution >= 4 is 28.2 Å². The van der Waals surface area contributed by atoms with Crippen LogP contribution in [0.4, 0.5) is 5.00 Å². The van der Waals surface area contributed by atoms with Crippen molar-refractivity contribution in [3.05, 3.63) is 33.5 Å². The summed E-state index contributed by atoms with van der Waals surface area (Å²) >= 11 is 1.40. The number of hydrogen-bond donors (Lipinski definition) is 1. The molecule has 0 aliphatic rings. The van der Waals surface area contributed by atoms with E-state index in [-0.39, 0.29) is 12.5 Å². The van der Waals surface area contributed by atoms with Gasteiger partial charge < -0.3 is 10.1 Å². The van der Waals surface area contributed by atoms with Gasteiger partial charge >= 0.3 is 5.97 Å². The summed E-state index contributed by atoms with van der Waals surface area (Å²) in [7, 11) is 3.77. The maximum atomic E-state index is 12.4. The van der Waals surface area contributed by atoms with Gasteiger partial charge in [0.1, 0.15) is 5.00 Å². The van der Waals surface area contributed by atoms with Crippen molar-refractivity contribution in [1.29, 1.82) is 0 Å². The van der Waals surface area contributed by atoms with Crippen LogP contribution in [0.2, 0.25) is 0 Å². The average Bonchev–Trinajstić information content (AvgIpc) is 3.01. The molecule has 1 amide bonds. The second-order valence-electron chi connectivity index (χ2n) is 6.31. The van der Waals surface area contributed by atoms with E-state index in [4.69, 9.17) is 4.74 Å². The first-order chi connectivity index (χ1) is 12.2. The molecular formula is C18H26N4O3S. The standard InChI is InChI=1S/C18H26N4O3S/c1-7-25-18(24)16-11(2)13(4)26-17(16)20-15(23)10-21(5)9-14-8-19-22(6)12(14)3/h8H,7,9-10H2,1-6H3,(H,20,23). The number of likely N-dealkylation sites (N-methyl/N-ethyl adjacent to an activating group) is 1. The van der Waals surface area contributed by atoms with E-state index in [1.807, 2.05) is 50.6 Å². The highest BCUT2D eigenvalue weighted by atomic mass is 32.1. The quantitative estimate of drug-likeness (QED) is 0.750. The van der Waals surface area contributed by atoms with Gasteiger partial charge in [-0.3, -0.25) is 14.4 Å². The van der Waals surface area contributed by atoms with E-state index in [1.54, 1.807) is 6.92 Å². The molecule has 2 rings (SSSR count). The van der Waals surface area contributed by atoms with Gasteiger partial charge in [-0.15, -0.1) is 11.3 Å². The summed E-state index contributed by atoms with van der Waals surface area (Å²) in [5.74, 6) is -0.565. The lowest BCUT2D eigenvalue weighted by Crippen LogP contribution is -2.30. The molecular weight excluding hydrogens is 352 g/mol. The van der Waals surface area contributed by atoms with E-state index in [0.717, 1.165) is 21.7 Å². The van der Waals surface area contributed by atoms with Gasteiger partial charge in [-0.1, -0.05) is 0 Å². The maximum absolute atomic E-state index is 12.4. The number of hydrogen-bond acceptors (Lipinski definition) is 6. The monoisotopic (exact) mass is 378 g/mol. The number of nitrogens with one attached hydrogen (secondary N) is 1. The molecule has 0 radical (unpaired) electrons. The highest BCUT2D eigenvalue weighted by molar-refractivity contribution is 7.16. The van der Waals surface area contributed by atoms with Crippen LogP contribution >= 0.6 is 11.3 Å². The van der Waals surface area contributed by atoms with Gasteiger partial charge in [-0.05, 0) is 40.3 Å². The van der Waals surface area contributed by atoms with Crippen LogP contribution in [-0.4, -0.2) is 46.8 Å². The third-order valence-electron chi connectivity index (χ3n) is 4.31. The van der Waals surface area contributed by atoms with Crippen LogP contribution in [0.3, 0.4) is 0 Å². The highest BCUT2D eigenvalue weighted by Gasteiger charge is 2.22. The van der Waals surface area contributed by atoms with Gasteiger partial charge in [0.25, 0.3) is 0 Å². The molecule has 1 N–H and O–H groups in total. The molecule has 2 aromatic rings. The number of ether oxygens (including phenoxy) is 1. The second-order valence-corrected chi connectivity index (χ2v) is 7.53. The van der Waals surface area contributed by atoms with Crippen molar-refractivity contribution in [3.8, 4) is 0 Å². The fourth-order valence-electron chi connectivity index (χ4n) is 2.62. The molecule has 0 fully saturated rings. The Morgan fingerprint density at radius 1 is 1.35 bits per heavy atom. The zero-order valence-electron chi connectivity index (χ0n) is 16.2. The second kappa shape index (κ2) is 8.46. The minimum atomic E-state index is -0.399. The summed E-state index contributed by atoms with van der Waals surface area (Å²) in [6, 6.07) is 0. The summed E-state index contributed by atoms with van der Waals surface area (Å²) in [6.07, 6.45) is 1.81. The number of aryl methyl sites for hydroxylation is 2. The maximum Gasteiger partial charge on any atom is 0.341 e. The predicted molar refractivity (Wildman–Crippen MR) is 103 cm³/mol. The highest BCUT2D eigenvalue weighted by Crippen LogP contribution is 2.33. The summed E-state index contributed by atoms with van der Waals surface area (Å²) in [4.78, 5) is 27.5.